The molecule has 0 aromatic heterocycles. The van der Waals surface area contributed by atoms with E-state index in [0.29, 0.717) is 17.0 Å². The zero-order valence-electron chi connectivity index (χ0n) is 16.2. The van der Waals surface area contributed by atoms with Gasteiger partial charge in [-0.3, -0.25) is 9.10 Å². The highest BCUT2D eigenvalue weighted by Crippen LogP contribution is 2.27. The molecule has 2 aromatic rings. The smallest absolute Gasteiger partial charge is 0.255 e. The summed E-state index contributed by atoms with van der Waals surface area (Å²) in [6.07, 6.45) is 1.90. The number of para-hydroxylation sites is 2. The van der Waals surface area contributed by atoms with Crippen LogP contribution in [0.2, 0.25) is 0 Å². The molecule has 1 N–H and O–H groups in total. The first-order valence-corrected chi connectivity index (χ1v) is 10.6. The summed E-state index contributed by atoms with van der Waals surface area (Å²) in [6.45, 7) is 4.21. The van der Waals surface area contributed by atoms with Gasteiger partial charge in [-0.25, -0.2) is 8.42 Å². The molecule has 0 fully saturated rings. The van der Waals surface area contributed by atoms with Crippen LogP contribution in [0.1, 0.15) is 28.4 Å². The van der Waals surface area contributed by atoms with Crippen molar-refractivity contribution in [2.45, 2.75) is 20.3 Å². The van der Waals surface area contributed by atoms with Crippen LogP contribution in [0.4, 0.5) is 5.69 Å². The molecular formula is C20H26N2O4S. The predicted octanol–water partition coefficient (Wildman–Crippen LogP) is 2.76. The average molecular weight is 391 g/mol. The van der Waals surface area contributed by atoms with Crippen molar-refractivity contribution in [3.8, 4) is 5.75 Å². The van der Waals surface area contributed by atoms with Crippen molar-refractivity contribution in [3.63, 3.8) is 0 Å². The number of carbonyl (C=O) groups is 1. The van der Waals surface area contributed by atoms with Crippen molar-refractivity contribution in [1.82, 2.24) is 5.32 Å². The molecule has 2 aromatic carbocycles. The van der Waals surface area contributed by atoms with Crippen molar-refractivity contribution in [3.05, 3.63) is 59.2 Å². The Balaban J connectivity index is 2.19. The van der Waals surface area contributed by atoms with E-state index in [-0.39, 0.29) is 19.0 Å². The van der Waals surface area contributed by atoms with E-state index in [9.17, 15) is 13.2 Å². The van der Waals surface area contributed by atoms with E-state index in [1.165, 1.54) is 17.7 Å². The molecule has 0 atom stereocenters. The number of hydrogen-bond donors (Lipinski definition) is 1. The van der Waals surface area contributed by atoms with Crippen molar-refractivity contribution < 1.29 is 17.9 Å². The van der Waals surface area contributed by atoms with E-state index in [1.54, 1.807) is 24.3 Å². The molecular weight excluding hydrogens is 364 g/mol. The van der Waals surface area contributed by atoms with Gasteiger partial charge in [-0.05, 0) is 36.6 Å². The van der Waals surface area contributed by atoms with Gasteiger partial charge < -0.3 is 10.1 Å². The molecule has 0 bridgehead atoms. The van der Waals surface area contributed by atoms with E-state index < -0.39 is 10.0 Å². The monoisotopic (exact) mass is 390 g/mol. The number of carbonyl (C=O) groups excluding carboxylic acids is 1. The molecule has 146 valence electrons. The number of aryl methyl sites for hydroxylation is 2. The van der Waals surface area contributed by atoms with Crippen LogP contribution in [0.5, 0.6) is 5.75 Å². The molecule has 0 unspecified atom stereocenters. The minimum absolute atomic E-state index is 0.150. The maximum absolute atomic E-state index is 12.4. The van der Waals surface area contributed by atoms with Gasteiger partial charge in [0.2, 0.25) is 10.0 Å². The van der Waals surface area contributed by atoms with E-state index in [0.717, 1.165) is 17.5 Å². The third kappa shape index (κ3) is 5.01. The summed E-state index contributed by atoms with van der Waals surface area (Å²) in [7, 11) is -1.99. The number of benzene rings is 2. The second-order valence-electron chi connectivity index (χ2n) is 6.23. The minimum atomic E-state index is -3.49. The van der Waals surface area contributed by atoms with Gasteiger partial charge >= 0.3 is 0 Å². The molecule has 0 aliphatic rings. The van der Waals surface area contributed by atoms with Crippen LogP contribution in [0, 0.1) is 6.92 Å². The fraction of sp³-hybridized carbons (Fsp3) is 0.350. The molecule has 0 radical (unpaired) electrons. The Labute approximate surface area is 161 Å². The second-order valence-corrected chi connectivity index (χ2v) is 8.13. The molecule has 2 rings (SSSR count). The molecule has 0 heterocycles. The number of nitrogens with one attached hydrogen (secondary N) is 1. The average Bonchev–Trinajstić information content (AvgIpc) is 2.64. The zero-order chi connectivity index (χ0) is 20.0. The number of ether oxygens (including phenoxy) is 1. The lowest BCUT2D eigenvalue weighted by molar-refractivity contribution is 0.0952. The highest BCUT2D eigenvalue weighted by Gasteiger charge is 2.22. The largest absolute Gasteiger partial charge is 0.496 e. The first-order valence-electron chi connectivity index (χ1n) is 8.77. The van der Waals surface area contributed by atoms with Gasteiger partial charge in [0.1, 0.15) is 5.75 Å². The van der Waals surface area contributed by atoms with Crippen LogP contribution in [-0.2, 0) is 16.4 Å². The first kappa shape index (κ1) is 20.8. The molecule has 0 aliphatic carbocycles. The molecule has 0 saturated heterocycles. The van der Waals surface area contributed by atoms with Crippen molar-refractivity contribution in [1.29, 1.82) is 0 Å². The Kier molecular flexibility index (Phi) is 6.85. The van der Waals surface area contributed by atoms with E-state index >= 15 is 0 Å². The molecule has 6 nitrogen and oxygen atoms in total. The summed E-state index contributed by atoms with van der Waals surface area (Å²) in [5, 5.41) is 2.78. The predicted molar refractivity (Wildman–Crippen MR) is 108 cm³/mol. The van der Waals surface area contributed by atoms with Crippen LogP contribution in [0.3, 0.4) is 0 Å². The normalized spacial score (nSPS) is 11.1. The Morgan fingerprint density at radius 2 is 1.85 bits per heavy atom. The standard InChI is InChI=1S/C20H26N2O4S/c1-5-16-10-8-9-15(2)19(16)22(27(4,24)25)14-13-21-20(23)17-11-6-7-12-18(17)26-3/h6-12H,5,13-14H2,1-4H3,(H,21,23). The third-order valence-electron chi connectivity index (χ3n) is 4.30. The maximum atomic E-state index is 12.4. The third-order valence-corrected chi connectivity index (χ3v) is 5.47. The van der Waals surface area contributed by atoms with Crippen LogP contribution < -0.4 is 14.4 Å². The highest BCUT2D eigenvalue weighted by molar-refractivity contribution is 7.92. The Morgan fingerprint density at radius 3 is 2.48 bits per heavy atom. The minimum Gasteiger partial charge on any atom is -0.496 e. The van der Waals surface area contributed by atoms with Gasteiger partial charge in [-0.15, -0.1) is 0 Å². The van der Waals surface area contributed by atoms with Crippen molar-refractivity contribution in [2.24, 2.45) is 0 Å². The molecule has 1 amide bonds. The quantitative estimate of drug-likeness (QED) is 0.752. The van der Waals surface area contributed by atoms with Gasteiger partial charge in [0.25, 0.3) is 5.91 Å². The summed E-state index contributed by atoms with van der Waals surface area (Å²) in [5.74, 6) is 0.170. The van der Waals surface area contributed by atoms with Crippen molar-refractivity contribution in [2.75, 3.05) is 30.8 Å². The number of methoxy groups -OCH3 is 1. The van der Waals surface area contributed by atoms with Crippen LogP contribution in [0.25, 0.3) is 0 Å². The van der Waals surface area contributed by atoms with E-state index in [2.05, 4.69) is 5.32 Å². The Hall–Kier alpha value is -2.54. The molecule has 0 spiro atoms. The Bertz CT molecular complexity index is 910. The fourth-order valence-electron chi connectivity index (χ4n) is 3.00. The highest BCUT2D eigenvalue weighted by atomic mass is 32.2. The van der Waals surface area contributed by atoms with Gasteiger partial charge in [0.15, 0.2) is 0 Å². The summed E-state index contributed by atoms with van der Waals surface area (Å²) in [6, 6.07) is 12.6. The lowest BCUT2D eigenvalue weighted by Gasteiger charge is -2.26. The number of sulfonamides is 1. The van der Waals surface area contributed by atoms with E-state index in [1.807, 2.05) is 32.0 Å². The lowest BCUT2D eigenvalue weighted by Crippen LogP contribution is -2.39. The van der Waals surface area contributed by atoms with Crippen LogP contribution in [0.15, 0.2) is 42.5 Å². The topological polar surface area (TPSA) is 75.7 Å². The Morgan fingerprint density at radius 1 is 1.15 bits per heavy atom. The maximum Gasteiger partial charge on any atom is 0.255 e. The second kappa shape index (κ2) is 8.90. The number of amides is 1. The number of nitrogens with zero attached hydrogens (tertiary/aromatic N) is 1. The number of anilines is 1. The van der Waals surface area contributed by atoms with E-state index in [4.69, 9.17) is 4.74 Å². The summed E-state index contributed by atoms with van der Waals surface area (Å²) < 4.78 is 31.3. The molecule has 0 saturated carbocycles. The number of rotatable bonds is 8. The number of hydrogen-bond acceptors (Lipinski definition) is 4. The molecule has 7 heteroatoms. The van der Waals surface area contributed by atoms with Gasteiger partial charge in [0, 0.05) is 6.54 Å². The SMILES string of the molecule is CCc1cccc(C)c1N(CCNC(=O)c1ccccc1OC)S(C)(=O)=O. The first-order chi connectivity index (χ1) is 12.8. The zero-order valence-corrected chi connectivity index (χ0v) is 17.0. The lowest BCUT2D eigenvalue weighted by atomic mass is 10.1. The van der Waals surface area contributed by atoms with Gasteiger partial charge in [-0.2, -0.15) is 0 Å². The van der Waals surface area contributed by atoms with Crippen LogP contribution in [-0.4, -0.2) is 40.8 Å². The van der Waals surface area contributed by atoms with Crippen molar-refractivity contribution >= 4 is 21.6 Å². The molecule has 0 aliphatic heterocycles. The van der Waals surface area contributed by atoms with Crippen LogP contribution >= 0.6 is 0 Å². The summed E-state index contributed by atoms with van der Waals surface area (Å²) >= 11 is 0. The summed E-state index contributed by atoms with van der Waals surface area (Å²) in [5.41, 5.74) is 2.94. The molecule has 27 heavy (non-hydrogen) atoms. The fourth-order valence-corrected chi connectivity index (χ4v) is 4.02. The van der Waals surface area contributed by atoms with Gasteiger partial charge in [-0.1, -0.05) is 37.3 Å². The van der Waals surface area contributed by atoms with Gasteiger partial charge in [0.05, 0.1) is 31.2 Å². The summed E-state index contributed by atoms with van der Waals surface area (Å²) in [4.78, 5) is 12.4.